The van der Waals surface area contributed by atoms with Gasteiger partial charge in [-0.1, -0.05) is 13.3 Å². The summed E-state index contributed by atoms with van der Waals surface area (Å²) in [4.78, 5) is 13.1. The van der Waals surface area contributed by atoms with E-state index in [-0.39, 0.29) is 6.03 Å². The van der Waals surface area contributed by atoms with Crippen LogP contribution in [0.3, 0.4) is 0 Å². The summed E-state index contributed by atoms with van der Waals surface area (Å²) in [6.07, 6.45) is 3.64. The van der Waals surface area contributed by atoms with Crippen LogP contribution in [0.1, 0.15) is 26.2 Å². The maximum Gasteiger partial charge on any atom is 0.314 e. The van der Waals surface area contributed by atoms with Crippen molar-refractivity contribution in [2.24, 2.45) is 17.1 Å². The van der Waals surface area contributed by atoms with E-state index in [4.69, 9.17) is 5.73 Å². The Labute approximate surface area is 91.2 Å². The van der Waals surface area contributed by atoms with Gasteiger partial charge in [0.1, 0.15) is 0 Å². The summed E-state index contributed by atoms with van der Waals surface area (Å²) in [5.41, 5.74) is 5.69. The average molecular weight is 211 g/mol. The fraction of sp³-hybridized carbons (Fsp3) is 0.909. The topological polar surface area (TPSA) is 58.4 Å². The van der Waals surface area contributed by atoms with Crippen LogP contribution in [0.25, 0.3) is 0 Å². The van der Waals surface area contributed by atoms with Crippen LogP contribution >= 0.6 is 0 Å². The zero-order valence-electron chi connectivity index (χ0n) is 9.46. The van der Waals surface area contributed by atoms with E-state index in [1.807, 2.05) is 4.90 Å². The van der Waals surface area contributed by atoms with Gasteiger partial charge in [-0.15, -0.1) is 0 Å². The molecule has 4 nitrogen and oxygen atoms in total. The molecule has 2 aliphatic rings. The van der Waals surface area contributed by atoms with Gasteiger partial charge in [-0.3, -0.25) is 0 Å². The summed E-state index contributed by atoms with van der Waals surface area (Å²) >= 11 is 0. The van der Waals surface area contributed by atoms with Gasteiger partial charge in [0.05, 0.1) is 0 Å². The molecule has 15 heavy (non-hydrogen) atoms. The van der Waals surface area contributed by atoms with Crippen LogP contribution in [0, 0.1) is 11.3 Å². The molecule has 2 fully saturated rings. The lowest BCUT2D eigenvalue weighted by atomic mass is 9.70. The highest BCUT2D eigenvalue weighted by Crippen LogP contribution is 2.38. The molecule has 86 valence electrons. The van der Waals surface area contributed by atoms with Crippen LogP contribution in [0.4, 0.5) is 4.79 Å². The van der Waals surface area contributed by atoms with Crippen LogP contribution in [0.5, 0.6) is 0 Å². The summed E-state index contributed by atoms with van der Waals surface area (Å²) in [7, 11) is 0. The minimum atomic E-state index is -0.248. The fourth-order valence-electron chi connectivity index (χ4n) is 3.30. The molecule has 0 aromatic heterocycles. The third-order valence-corrected chi connectivity index (χ3v) is 3.75. The number of primary amides is 1. The summed E-state index contributed by atoms with van der Waals surface area (Å²) in [6.45, 7) is 5.98. The highest BCUT2D eigenvalue weighted by molar-refractivity contribution is 5.72. The Kier molecular flexibility index (Phi) is 2.87. The number of rotatable bonds is 2. The SMILES string of the molecule is CCCC12CNCC(CN(C(N)=O)C1)C2. The van der Waals surface area contributed by atoms with Crippen molar-refractivity contribution < 1.29 is 4.79 Å². The first kappa shape index (κ1) is 10.7. The fourth-order valence-corrected chi connectivity index (χ4v) is 3.30. The van der Waals surface area contributed by atoms with E-state index in [9.17, 15) is 4.79 Å². The van der Waals surface area contributed by atoms with Crippen LogP contribution in [0.15, 0.2) is 0 Å². The number of carbonyl (C=O) groups excluding carboxylic acids is 1. The molecule has 2 aliphatic heterocycles. The highest BCUT2D eigenvalue weighted by Gasteiger charge is 2.42. The maximum absolute atomic E-state index is 11.3. The van der Waals surface area contributed by atoms with Gasteiger partial charge in [-0.25, -0.2) is 4.79 Å². The Balaban J connectivity index is 2.11. The Bertz CT molecular complexity index is 252. The van der Waals surface area contributed by atoms with Crippen molar-refractivity contribution in [3.63, 3.8) is 0 Å². The molecular weight excluding hydrogens is 190 g/mol. The van der Waals surface area contributed by atoms with E-state index in [2.05, 4.69) is 12.2 Å². The lowest BCUT2D eigenvalue weighted by molar-refractivity contribution is 0.0360. The predicted octanol–water partition coefficient (Wildman–Crippen LogP) is 0.777. The Hall–Kier alpha value is -0.770. The van der Waals surface area contributed by atoms with Crippen molar-refractivity contribution in [3.05, 3.63) is 0 Å². The average Bonchev–Trinajstić information content (AvgIpc) is 2.16. The van der Waals surface area contributed by atoms with Gasteiger partial charge in [-0.2, -0.15) is 0 Å². The number of hydrogen-bond acceptors (Lipinski definition) is 2. The third-order valence-electron chi connectivity index (χ3n) is 3.75. The van der Waals surface area contributed by atoms with E-state index < -0.39 is 0 Å². The first-order chi connectivity index (χ1) is 7.15. The molecule has 2 unspecified atom stereocenters. The Morgan fingerprint density at radius 1 is 1.67 bits per heavy atom. The summed E-state index contributed by atoms with van der Waals surface area (Å²) in [5, 5.41) is 3.49. The molecule has 2 saturated heterocycles. The van der Waals surface area contributed by atoms with E-state index in [1.165, 1.54) is 19.3 Å². The first-order valence-corrected chi connectivity index (χ1v) is 5.90. The molecule has 0 aliphatic carbocycles. The first-order valence-electron chi connectivity index (χ1n) is 5.90. The Morgan fingerprint density at radius 3 is 3.13 bits per heavy atom. The van der Waals surface area contributed by atoms with Gasteiger partial charge in [0.15, 0.2) is 0 Å². The molecule has 3 N–H and O–H groups in total. The smallest absolute Gasteiger partial charge is 0.314 e. The number of amides is 2. The van der Waals surface area contributed by atoms with E-state index in [0.29, 0.717) is 11.3 Å². The summed E-state index contributed by atoms with van der Waals surface area (Å²) in [6, 6.07) is -0.248. The highest BCUT2D eigenvalue weighted by atomic mass is 16.2. The van der Waals surface area contributed by atoms with Crippen molar-refractivity contribution in [2.45, 2.75) is 26.2 Å². The number of piperidine rings is 2. The summed E-state index contributed by atoms with van der Waals surface area (Å²) < 4.78 is 0. The molecule has 2 atom stereocenters. The second-order valence-corrected chi connectivity index (χ2v) is 5.17. The van der Waals surface area contributed by atoms with Crippen molar-refractivity contribution in [1.82, 2.24) is 10.2 Å². The molecule has 0 aromatic rings. The number of carbonyl (C=O) groups is 1. The third kappa shape index (κ3) is 2.09. The molecule has 4 heteroatoms. The lowest BCUT2D eigenvalue weighted by Crippen LogP contribution is -2.59. The normalized spacial score (nSPS) is 35.3. The molecule has 2 bridgehead atoms. The van der Waals surface area contributed by atoms with Gasteiger partial charge in [0.2, 0.25) is 0 Å². The van der Waals surface area contributed by atoms with Crippen LogP contribution in [-0.4, -0.2) is 37.1 Å². The molecule has 2 heterocycles. The standard InChI is InChI=1S/C11H21N3O/c1-2-3-11-4-9(5-13-7-11)6-14(8-11)10(12)15/h9,13H,2-8H2,1H3,(H2,12,15). The maximum atomic E-state index is 11.3. The molecule has 0 saturated carbocycles. The number of urea groups is 1. The van der Waals surface area contributed by atoms with Gasteiger partial charge >= 0.3 is 6.03 Å². The summed E-state index contributed by atoms with van der Waals surface area (Å²) in [5.74, 6) is 0.603. The molecule has 0 aromatic carbocycles. The quantitative estimate of drug-likeness (QED) is 0.709. The zero-order chi connectivity index (χ0) is 10.9. The van der Waals surface area contributed by atoms with Gasteiger partial charge in [0, 0.05) is 25.0 Å². The minimum Gasteiger partial charge on any atom is -0.351 e. The van der Waals surface area contributed by atoms with Crippen LogP contribution < -0.4 is 11.1 Å². The minimum absolute atomic E-state index is 0.248. The number of hydrogen-bond donors (Lipinski definition) is 2. The van der Waals surface area contributed by atoms with Gasteiger partial charge in [0.25, 0.3) is 0 Å². The second kappa shape index (κ2) is 4.00. The van der Waals surface area contributed by atoms with Gasteiger partial charge < -0.3 is 16.0 Å². The van der Waals surface area contributed by atoms with E-state index in [1.54, 1.807) is 0 Å². The number of nitrogens with two attached hydrogens (primary N) is 1. The molecular formula is C11H21N3O. The second-order valence-electron chi connectivity index (χ2n) is 5.17. The zero-order valence-corrected chi connectivity index (χ0v) is 9.46. The van der Waals surface area contributed by atoms with Crippen LogP contribution in [-0.2, 0) is 0 Å². The van der Waals surface area contributed by atoms with E-state index in [0.717, 1.165) is 26.2 Å². The van der Waals surface area contributed by atoms with Gasteiger partial charge in [-0.05, 0) is 25.3 Å². The number of nitrogens with zero attached hydrogens (tertiary/aromatic N) is 1. The van der Waals surface area contributed by atoms with Crippen LogP contribution in [0.2, 0.25) is 0 Å². The lowest BCUT2D eigenvalue weighted by Gasteiger charge is -2.49. The molecule has 2 rings (SSSR count). The number of nitrogens with one attached hydrogen (secondary N) is 1. The molecule has 2 amide bonds. The van der Waals surface area contributed by atoms with Crippen molar-refractivity contribution in [1.29, 1.82) is 0 Å². The van der Waals surface area contributed by atoms with Crippen molar-refractivity contribution >= 4 is 6.03 Å². The predicted molar refractivity (Wildman–Crippen MR) is 59.5 cm³/mol. The largest absolute Gasteiger partial charge is 0.351 e. The van der Waals surface area contributed by atoms with Crippen molar-refractivity contribution in [3.8, 4) is 0 Å². The Morgan fingerprint density at radius 2 is 2.47 bits per heavy atom. The monoisotopic (exact) mass is 211 g/mol. The molecule has 0 spiro atoms. The molecule has 0 radical (unpaired) electrons. The number of likely N-dealkylation sites (tertiary alicyclic amines) is 1. The van der Waals surface area contributed by atoms with Crippen molar-refractivity contribution in [2.75, 3.05) is 26.2 Å². The van der Waals surface area contributed by atoms with E-state index >= 15 is 0 Å². The number of fused-ring (bicyclic) bond motifs is 2.